The van der Waals surface area contributed by atoms with Crippen LogP contribution in [0.4, 0.5) is 0 Å². The predicted octanol–water partition coefficient (Wildman–Crippen LogP) is 0.999. The highest BCUT2D eigenvalue weighted by Crippen LogP contribution is 2.26. The third-order valence-electron chi connectivity index (χ3n) is 4.03. The lowest BCUT2D eigenvalue weighted by Gasteiger charge is -2.46. The summed E-state index contributed by atoms with van der Waals surface area (Å²) in [6, 6.07) is 0.266. The maximum absolute atomic E-state index is 12.0. The lowest BCUT2D eigenvalue weighted by atomic mass is 10.1. The number of rotatable bonds is 3. The average molecular weight is 374 g/mol. The van der Waals surface area contributed by atoms with Crippen LogP contribution in [0, 0.1) is 3.57 Å². The molecule has 6 heteroatoms. The normalized spacial score (nSPS) is 29.7. The van der Waals surface area contributed by atoms with Crippen molar-refractivity contribution in [2.75, 3.05) is 32.7 Å². The molecule has 3 fully saturated rings. The van der Waals surface area contributed by atoms with Crippen molar-refractivity contribution in [1.29, 1.82) is 0 Å². The van der Waals surface area contributed by atoms with Gasteiger partial charge in [-0.05, 0) is 29.0 Å². The molecule has 19 heavy (non-hydrogen) atoms. The van der Waals surface area contributed by atoms with E-state index in [-0.39, 0.29) is 11.6 Å². The maximum Gasteiger partial charge on any atom is 0.264 e. The first-order valence-electron chi connectivity index (χ1n) is 6.94. The van der Waals surface area contributed by atoms with Gasteiger partial charge in [-0.25, -0.2) is 4.98 Å². The van der Waals surface area contributed by atoms with Crippen molar-refractivity contribution in [1.82, 2.24) is 19.8 Å². The number of aromatic amines is 1. The van der Waals surface area contributed by atoms with Crippen LogP contribution in [0.2, 0.25) is 0 Å². The van der Waals surface area contributed by atoms with Gasteiger partial charge in [0.15, 0.2) is 0 Å². The number of H-pyrrole nitrogens is 1. The number of hydrogen-bond donors (Lipinski definition) is 1. The molecule has 2 bridgehead atoms. The van der Waals surface area contributed by atoms with Crippen LogP contribution in [0.5, 0.6) is 0 Å². The minimum Gasteiger partial charge on any atom is -0.308 e. The fourth-order valence-corrected chi connectivity index (χ4v) is 3.49. The van der Waals surface area contributed by atoms with Crippen molar-refractivity contribution in [3.8, 4) is 0 Å². The van der Waals surface area contributed by atoms with E-state index >= 15 is 0 Å². The predicted molar refractivity (Wildman–Crippen MR) is 82.3 cm³/mol. The van der Waals surface area contributed by atoms with E-state index in [1.54, 1.807) is 0 Å². The Labute approximate surface area is 126 Å². The maximum atomic E-state index is 12.0. The lowest BCUT2D eigenvalue weighted by molar-refractivity contribution is 0.00844. The summed E-state index contributed by atoms with van der Waals surface area (Å²) in [5, 5.41) is 0. The number of nitrogens with zero attached hydrogens (tertiary/aromatic N) is 3. The Morgan fingerprint density at radius 3 is 2.68 bits per heavy atom. The van der Waals surface area contributed by atoms with Crippen molar-refractivity contribution in [2.24, 2.45) is 0 Å². The standard InChI is InChI=1S/C13H19IN4O/c1-2-3-9-11(14)13(19)16-12(15-9)10-8-17-4-6-18(10)7-5-17/h10H,2-8H2,1H3,(H,15,16,19). The molecule has 0 amide bonds. The Hall–Kier alpha value is -0.470. The Bertz CT molecular complexity index is 522. The number of hydrogen-bond acceptors (Lipinski definition) is 4. The fourth-order valence-electron chi connectivity index (χ4n) is 2.96. The van der Waals surface area contributed by atoms with Gasteiger partial charge in [-0.15, -0.1) is 0 Å². The van der Waals surface area contributed by atoms with Gasteiger partial charge in [0.05, 0.1) is 15.3 Å². The van der Waals surface area contributed by atoms with Crippen LogP contribution in [0.15, 0.2) is 4.79 Å². The van der Waals surface area contributed by atoms with Gasteiger partial charge in [-0.1, -0.05) is 13.3 Å². The molecule has 1 atom stereocenters. The van der Waals surface area contributed by atoms with E-state index in [2.05, 4.69) is 44.3 Å². The first kappa shape index (κ1) is 13.5. The molecule has 0 radical (unpaired) electrons. The zero-order valence-electron chi connectivity index (χ0n) is 11.2. The molecule has 0 aliphatic carbocycles. The third-order valence-corrected chi connectivity index (χ3v) is 5.14. The van der Waals surface area contributed by atoms with Gasteiger partial charge in [-0.3, -0.25) is 14.6 Å². The first-order valence-corrected chi connectivity index (χ1v) is 8.02. The van der Waals surface area contributed by atoms with Crippen molar-refractivity contribution >= 4 is 22.6 Å². The minimum atomic E-state index is 0.0201. The highest BCUT2D eigenvalue weighted by Gasteiger charge is 2.34. The summed E-state index contributed by atoms with van der Waals surface area (Å²) in [6.45, 7) is 7.58. The molecule has 3 aliphatic rings. The molecule has 104 valence electrons. The second kappa shape index (κ2) is 5.49. The fraction of sp³-hybridized carbons (Fsp3) is 0.692. The summed E-state index contributed by atoms with van der Waals surface area (Å²) in [5.41, 5.74) is 0.978. The molecule has 1 aromatic rings. The molecule has 1 unspecified atom stereocenters. The average Bonchev–Trinajstić information content (AvgIpc) is 2.45. The van der Waals surface area contributed by atoms with Crippen LogP contribution in [0.3, 0.4) is 0 Å². The van der Waals surface area contributed by atoms with Crippen molar-refractivity contribution in [2.45, 2.75) is 25.8 Å². The zero-order valence-corrected chi connectivity index (χ0v) is 13.3. The van der Waals surface area contributed by atoms with E-state index in [9.17, 15) is 4.79 Å². The second-order valence-corrected chi connectivity index (χ2v) is 6.39. The van der Waals surface area contributed by atoms with Gasteiger partial charge in [0.1, 0.15) is 5.82 Å². The van der Waals surface area contributed by atoms with Crippen molar-refractivity contribution < 1.29 is 0 Å². The van der Waals surface area contributed by atoms with Crippen LogP contribution in [0.1, 0.15) is 30.9 Å². The molecule has 0 spiro atoms. The molecule has 4 heterocycles. The van der Waals surface area contributed by atoms with Crippen LogP contribution in [-0.2, 0) is 6.42 Å². The molecular formula is C13H19IN4O. The van der Waals surface area contributed by atoms with Gasteiger partial charge in [0.2, 0.25) is 0 Å². The lowest BCUT2D eigenvalue weighted by Crippen LogP contribution is -2.57. The molecule has 3 saturated heterocycles. The van der Waals surface area contributed by atoms with Gasteiger partial charge >= 0.3 is 0 Å². The Balaban J connectivity index is 1.94. The molecule has 0 aromatic carbocycles. The number of piperazine rings is 3. The van der Waals surface area contributed by atoms with Crippen molar-refractivity contribution in [3.05, 3.63) is 25.4 Å². The smallest absolute Gasteiger partial charge is 0.264 e. The second-order valence-electron chi connectivity index (χ2n) is 5.31. The Morgan fingerprint density at radius 2 is 2.11 bits per heavy atom. The van der Waals surface area contributed by atoms with E-state index in [0.717, 1.165) is 60.7 Å². The molecule has 1 N–H and O–H groups in total. The number of fused-ring (bicyclic) bond motifs is 3. The largest absolute Gasteiger partial charge is 0.308 e. The van der Waals surface area contributed by atoms with Gasteiger partial charge in [-0.2, -0.15) is 0 Å². The highest BCUT2D eigenvalue weighted by atomic mass is 127. The summed E-state index contributed by atoms with van der Waals surface area (Å²) >= 11 is 2.11. The van der Waals surface area contributed by atoms with Crippen LogP contribution < -0.4 is 5.56 Å². The summed E-state index contributed by atoms with van der Waals surface area (Å²) < 4.78 is 0.750. The summed E-state index contributed by atoms with van der Waals surface area (Å²) in [5.74, 6) is 0.860. The number of aromatic nitrogens is 2. The quantitative estimate of drug-likeness (QED) is 0.803. The summed E-state index contributed by atoms with van der Waals surface area (Å²) in [4.78, 5) is 24.7. The highest BCUT2D eigenvalue weighted by molar-refractivity contribution is 14.1. The van der Waals surface area contributed by atoms with Gasteiger partial charge < -0.3 is 4.98 Å². The molecule has 5 nitrogen and oxygen atoms in total. The topological polar surface area (TPSA) is 52.2 Å². The van der Waals surface area contributed by atoms with E-state index in [1.807, 2.05) is 0 Å². The Morgan fingerprint density at radius 1 is 1.37 bits per heavy atom. The molecular weight excluding hydrogens is 355 g/mol. The summed E-state index contributed by atoms with van der Waals surface area (Å²) in [7, 11) is 0. The Kier molecular flexibility index (Phi) is 3.91. The number of nitrogens with one attached hydrogen (secondary N) is 1. The number of halogens is 1. The van der Waals surface area contributed by atoms with E-state index < -0.39 is 0 Å². The first-order chi connectivity index (χ1) is 9.19. The molecule has 3 aliphatic heterocycles. The number of aryl methyl sites for hydroxylation is 1. The third kappa shape index (κ3) is 2.57. The monoisotopic (exact) mass is 374 g/mol. The summed E-state index contributed by atoms with van der Waals surface area (Å²) in [6.07, 6.45) is 1.90. The van der Waals surface area contributed by atoms with E-state index in [1.165, 1.54) is 0 Å². The molecule has 0 saturated carbocycles. The molecule has 1 aromatic heterocycles. The molecule has 4 rings (SSSR count). The van der Waals surface area contributed by atoms with E-state index in [4.69, 9.17) is 4.98 Å². The van der Waals surface area contributed by atoms with Gasteiger partial charge in [0, 0.05) is 32.7 Å². The SMILES string of the molecule is CCCc1nc(C2CN3CCN2CC3)[nH]c(=O)c1I. The van der Waals surface area contributed by atoms with Crippen LogP contribution >= 0.6 is 22.6 Å². The van der Waals surface area contributed by atoms with Crippen LogP contribution in [0.25, 0.3) is 0 Å². The minimum absolute atomic E-state index is 0.0201. The van der Waals surface area contributed by atoms with Gasteiger partial charge in [0.25, 0.3) is 5.56 Å². The van der Waals surface area contributed by atoms with Crippen LogP contribution in [-0.4, -0.2) is 52.5 Å². The van der Waals surface area contributed by atoms with Crippen molar-refractivity contribution in [3.63, 3.8) is 0 Å². The van der Waals surface area contributed by atoms with E-state index in [0.29, 0.717) is 0 Å². The zero-order chi connectivity index (χ0) is 13.4.